The van der Waals surface area contributed by atoms with Crippen LogP contribution in [0.25, 0.3) is 0 Å². The fourth-order valence-electron chi connectivity index (χ4n) is 2.60. The van der Waals surface area contributed by atoms with Crippen LogP contribution in [0.4, 0.5) is 0 Å². The minimum Gasteiger partial charge on any atom is -0.465 e. The number of Topliss-reactive ketones (excluding diaryl/α,β-unsaturated/α-hetero) is 1. The Bertz CT molecular complexity index is 340. The summed E-state index contributed by atoms with van der Waals surface area (Å²) in [4.78, 5) is 24.3. The van der Waals surface area contributed by atoms with Crippen molar-refractivity contribution in [1.82, 2.24) is 0 Å². The van der Waals surface area contributed by atoms with Crippen molar-refractivity contribution < 1.29 is 14.3 Å². The van der Waals surface area contributed by atoms with Crippen LogP contribution in [0.2, 0.25) is 0 Å². The largest absolute Gasteiger partial charge is 0.465 e. The van der Waals surface area contributed by atoms with E-state index in [2.05, 4.69) is 5.92 Å². The van der Waals surface area contributed by atoms with E-state index in [1.54, 1.807) is 6.92 Å². The van der Waals surface area contributed by atoms with Crippen LogP contribution in [-0.4, -0.2) is 18.4 Å². The van der Waals surface area contributed by atoms with E-state index >= 15 is 0 Å². The summed E-state index contributed by atoms with van der Waals surface area (Å²) in [6.07, 6.45) is 11.1. The summed E-state index contributed by atoms with van der Waals surface area (Å²) >= 11 is 0. The Labute approximate surface area is 109 Å². The monoisotopic (exact) mass is 250 g/mol. The molecule has 1 aliphatic carbocycles. The third-order valence-corrected chi connectivity index (χ3v) is 3.63. The van der Waals surface area contributed by atoms with Crippen LogP contribution in [0.3, 0.4) is 0 Å². The number of hydrogen-bond acceptors (Lipinski definition) is 3. The fourth-order valence-corrected chi connectivity index (χ4v) is 2.60. The number of esters is 1. The lowest BCUT2D eigenvalue weighted by atomic mass is 9.70. The summed E-state index contributed by atoms with van der Waals surface area (Å²) in [7, 11) is 0. The first-order chi connectivity index (χ1) is 8.67. The number of hydrogen-bond donors (Lipinski definition) is 0. The summed E-state index contributed by atoms with van der Waals surface area (Å²) < 4.78 is 5.11. The molecule has 0 aromatic heterocycles. The molecule has 1 saturated carbocycles. The molecule has 100 valence electrons. The topological polar surface area (TPSA) is 43.4 Å². The van der Waals surface area contributed by atoms with Crippen molar-refractivity contribution in [3.05, 3.63) is 0 Å². The lowest BCUT2D eigenvalue weighted by Crippen LogP contribution is -2.43. The molecule has 0 aromatic carbocycles. The summed E-state index contributed by atoms with van der Waals surface area (Å²) in [5.74, 6) is 2.32. The van der Waals surface area contributed by atoms with Gasteiger partial charge in [-0.15, -0.1) is 12.3 Å². The van der Waals surface area contributed by atoms with E-state index in [0.29, 0.717) is 32.3 Å². The zero-order valence-electron chi connectivity index (χ0n) is 11.2. The molecule has 0 saturated heterocycles. The summed E-state index contributed by atoms with van der Waals surface area (Å²) in [6.45, 7) is 2.11. The molecule has 0 aromatic rings. The molecule has 0 spiro atoms. The van der Waals surface area contributed by atoms with Crippen molar-refractivity contribution in [3.8, 4) is 12.3 Å². The number of rotatable bonds is 6. The second-order valence-electron chi connectivity index (χ2n) is 4.84. The Morgan fingerprint density at radius 3 is 2.83 bits per heavy atom. The predicted octanol–water partition coefficient (Wildman–Crippen LogP) is 2.87. The molecule has 0 N–H and O–H groups in total. The van der Waals surface area contributed by atoms with Crippen molar-refractivity contribution in [1.29, 1.82) is 0 Å². The van der Waals surface area contributed by atoms with Gasteiger partial charge in [0, 0.05) is 12.8 Å². The van der Waals surface area contributed by atoms with Crippen LogP contribution < -0.4 is 0 Å². The van der Waals surface area contributed by atoms with Crippen LogP contribution in [0.1, 0.15) is 58.3 Å². The lowest BCUT2D eigenvalue weighted by Gasteiger charge is -2.33. The molecule has 0 radical (unpaired) electrons. The average Bonchev–Trinajstić information content (AvgIpc) is 2.37. The maximum absolute atomic E-state index is 12.2. The van der Waals surface area contributed by atoms with E-state index in [0.717, 1.165) is 25.7 Å². The third kappa shape index (κ3) is 3.35. The number of carbonyl (C=O) groups is 2. The van der Waals surface area contributed by atoms with E-state index in [9.17, 15) is 9.59 Å². The van der Waals surface area contributed by atoms with Crippen LogP contribution in [0.15, 0.2) is 0 Å². The zero-order chi connectivity index (χ0) is 13.4. The van der Waals surface area contributed by atoms with Gasteiger partial charge in [-0.05, 0) is 32.6 Å². The van der Waals surface area contributed by atoms with Gasteiger partial charge in [-0.1, -0.05) is 12.8 Å². The van der Waals surface area contributed by atoms with Crippen molar-refractivity contribution in [2.45, 2.75) is 58.3 Å². The van der Waals surface area contributed by atoms with Crippen LogP contribution in [-0.2, 0) is 14.3 Å². The SMILES string of the molecule is C#CCCCC[C@]1(C(=O)OCC)CCCCC1=O. The number of carbonyl (C=O) groups excluding carboxylic acids is 2. The van der Waals surface area contributed by atoms with Gasteiger partial charge in [0.2, 0.25) is 0 Å². The molecule has 1 rings (SSSR count). The minimum atomic E-state index is -0.872. The second-order valence-corrected chi connectivity index (χ2v) is 4.84. The smallest absolute Gasteiger partial charge is 0.319 e. The number of ether oxygens (including phenoxy) is 1. The van der Waals surface area contributed by atoms with Crippen LogP contribution in [0, 0.1) is 17.8 Å². The van der Waals surface area contributed by atoms with Gasteiger partial charge in [0.25, 0.3) is 0 Å². The molecule has 0 bridgehead atoms. The Kier molecular flexibility index (Phi) is 5.91. The molecule has 0 aliphatic heterocycles. The first kappa shape index (κ1) is 14.8. The highest BCUT2D eigenvalue weighted by Crippen LogP contribution is 2.39. The highest BCUT2D eigenvalue weighted by Gasteiger charge is 2.47. The first-order valence-electron chi connectivity index (χ1n) is 6.81. The molecule has 3 heteroatoms. The van der Waals surface area contributed by atoms with Gasteiger partial charge in [0.15, 0.2) is 0 Å². The molecule has 0 heterocycles. The molecule has 0 amide bonds. The van der Waals surface area contributed by atoms with Gasteiger partial charge in [-0.3, -0.25) is 9.59 Å². The highest BCUT2D eigenvalue weighted by molar-refractivity contribution is 6.04. The quantitative estimate of drug-likeness (QED) is 0.315. The predicted molar refractivity (Wildman–Crippen MR) is 69.8 cm³/mol. The standard InChI is InChI=1S/C15H22O3/c1-3-5-6-8-11-15(14(17)18-4-2)12-9-7-10-13(15)16/h1H,4-12H2,2H3/t15-/m0/s1. The zero-order valence-corrected chi connectivity index (χ0v) is 11.2. The molecule has 18 heavy (non-hydrogen) atoms. The van der Waals surface area contributed by atoms with Gasteiger partial charge in [-0.2, -0.15) is 0 Å². The Morgan fingerprint density at radius 1 is 1.44 bits per heavy atom. The van der Waals surface area contributed by atoms with Crippen molar-refractivity contribution in [2.24, 2.45) is 5.41 Å². The molecular formula is C15H22O3. The second kappa shape index (κ2) is 7.20. The molecule has 1 aliphatic rings. The molecule has 0 unspecified atom stereocenters. The Morgan fingerprint density at radius 2 is 2.22 bits per heavy atom. The molecule has 1 fully saturated rings. The molecular weight excluding hydrogens is 228 g/mol. The fraction of sp³-hybridized carbons (Fsp3) is 0.733. The van der Waals surface area contributed by atoms with Gasteiger partial charge < -0.3 is 4.74 Å². The van der Waals surface area contributed by atoms with E-state index in [-0.39, 0.29) is 11.8 Å². The van der Waals surface area contributed by atoms with Gasteiger partial charge in [-0.25, -0.2) is 0 Å². The Balaban J connectivity index is 2.70. The van der Waals surface area contributed by atoms with Crippen molar-refractivity contribution >= 4 is 11.8 Å². The van der Waals surface area contributed by atoms with Crippen molar-refractivity contribution in [3.63, 3.8) is 0 Å². The van der Waals surface area contributed by atoms with Gasteiger partial charge in [0.05, 0.1) is 6.61 Å². The van der Waals surface area contributed by atoms with Gasteiger partial charge >= 0.3 is 5.97 Å². The third-order valence-electron chi connectivity index (χ3n) is 3.63. The summed E-state index contributed by atoms with van der Waals surface area (Å²) in [5, 5.41) is 0. The number of terminal acetylenes is 1. The van der Waals surface area contributed by atoms with Gasteiger partial charge in [0.1, 0.15) is 11.2 Å². The lowest BCUT2D eigenvalue weighted by molar-refractivity contribution is -0.163. The highest BCUT2D eigenvalue weighted by atomic mass is 16.5. The van der Waals surface area contributed by atoms with Crippen LogP contribution in [0.5, 0.6) is 0 Å². The summed E-state index contributed by atoms with van der Waals surface area (Å²) in [6, 6.07) is 0. The molecule has 1 atom stereocenters. The first-order valence-corrected chi connectivity index (χ1v) is 6.81. The van der Waals surface area contributed by atoms with Crippen molar-refractivity contribution in [2.75, 3.05) is 6.61 Å². The number of ketones is 1. The number of unbranched alkanes of at least 4 members (excludes halogenated alkanes) is 2. The summed E-state index contributed by atoms with van der Waals surface area (Å²) in [5.41, 5.74) is -0.872. The van der Waals surface area contributed by atoms with Crippen LogP contribution >= 0.6 is 0 Å². The van der Waals surface area contributed by atoms with E-state index in [4.69, 9.17) is 11.2 Å². The van der Waals surface area contributed by atoms with E-state index in [1.807, 2.05) is 0 Å². The van der Waals surface area contributed by atoms with E-state index < -0.39 is 5.41 Å². The molecule has 3 nitrogen and oxygen atoms in total. The Hall–Kier alpha value is -1.30. The average molecular weight is 250 g/mol. The minimum absolute atomic E-state index is 0.0629. The normalized spacial score (nSPS) is 23.4. The van der Waals surface area contributed by atoms with E-state index in [1.165, 1.54) is 0 Å². The maximum Gasteiger partial charge on any atom is 0.319 e. The maximum atomic E-state index is 12.2.